The summed E-state index contributed by atoms with van der Waals surface area (Å²) < 4.78 is 17.0. The van der Waals surface area contributed by atoms with Crippen molar-refractivity contribution in [3.63, 3.8) is 0 Å². The minimum atomic E-state index is -0.769. The van der Waals surface area contributed by atoms with Crippen LogP contribution < -0.4 is 0 Å². The fourth-order valence-corrected chi connectivity index (χ4v) is 10.8. The summed E-state index contributed by atoms with van der Waals surface area (Å²) in [5.41, 5.74) is 0. The lowest BCUT2D eigenvalue weighted by molar-refractivity contribution is -0.167. The monoisotopic (exact) mass is 1070 g/mol. The fraction of sp³-hybridized carbons (Fsp3) is 0.929. The zero-order valence-electron chi connectivity index (χ0n) is 51.8. The molecule has 0 amide bonds. The molecule has 0 radical (unpaired) electrons. The number of esters is 3. The second-order valence-corrected chi connectivity index (χ2v) is 23.8. The quantitative estimate of drug-likeness (QED) is 0.0261. The van der Waals surface area contributed by atoms with Crippen LogP contribution >= 0.6 is 0 Å². The van der Waals surface area contributed by atoms with Gasteiger partial charge in [-0.1, -0.05) is 348 Å². The van der Waals surface area contributed by atoms with Crippen LogP contribution in [0.2, 0.25) is 0 Å². The summed E-state index contributed by atoms with van der Waals surface area (Å²) in [6.45, 7) is 6.71. The highest BCUT2D eigenvalue weighted by Gasteiger charge is 2.19. The maximum Gasteiger partial charge on any atom is 0.306 e. The zero-order chi connectivity index (χ0) is 55.0. The van der Waals surface area contributed by atoms with Gasteiger partial charge in [-0.2, -0.15) is 0 Å². The molecule has 0 bridgehead atoms. The van der Waals surface area contributed by atoms with Gasteiger partial charge >= 0.3 is 17.9 Å². The van der Waals surface area contributed by atoms with Crippen molar-refractivity contribution in [2.24, 2.45) is 0 Å². The highest BCUT2D eigenvalue weighted by atomic mass is 16.6. The van der Waals surface area contributed by atoms with Crippen molar-refractivity contribution in [3.05, 3.63) is 12.2 Å². The standard InChI is InChI=1S/C70H134O6/c1-4-7-10-13-16-19-22-25-27-29-31-33-35-37-38-40-42-45-48-51-54-57-60-63-69(72)75-66-67(65-74-68(71)62-59-56-53-50-47-44-24-21-18-15-12-9-6-3)76-70(73)64-61-58-55-52-49-46-43-41-39-36-34-32-30-28-26-23-20-17-14-11-8-5-2/h21,24,67H,4-20,22-23,25-66H2,1-3H3/b24-21-. The van der Waals surface area contributed by atoms with Crippen LogP contribution in [0.15, 0.2) is 12.2 Å². The molecule has 0 rings (SSSR count). The van der Waals surface area contributed by atoms with Gasteiger partial charge in [0.05, 0.1) is 0 Å². The Kier molecular flexibility index (Phi) is 64.1. The number of allylic oxidation sites excluding steroid dienone is 2. The normalized spacial score (nSPS) is 12.0. The van der Waals surface area contributed by atoms with Crippen LogP contribution in [0, 0.1) is 0 Å². The van der Waals surface area contributed by atoms with Gasteiger partial charge in [0.15, 0.2) is 6.10 Å². The summed E-state index contributed by atoms with van der Waals surface area (Å²) in [5, 5.41) is 0. The van der Waals surface area contributed by atoms with Crippen molar-refractivity contribution in [3.8, 4) is 0 Å². The van der Waals surface area contributed by atoms with E-state index in [-0.39, 0.29) is 31.1 Å². The largest absolute Gasteiger partial charge is 0.462 e. The van der Waals surface area contributed by atoms with Gasteiger partial charge in [-0.3, -0.25) is 14.4 Å². The summed E-state index contributed by atoms with van der Waals surface area (Å²) in [7, 11) is 0. The molecule has 0 saturated carbocycles. The first kappa shape index (κ1) is 74.2. The molecule has 0 saturated heterocycles. The van der Waals surface area contributed by atoms with Gasteiger partial charge < -0.3 is 14.2 Å². The van der Waals surface area contributed by atoms with E-state index in [9.17, 15) is 14.4 Å². The SMILES string of the molecule is CCCCCC/C=C\CCCCCCCC(=O)OCC(COC(=O)CCCCCCCCCCCCCCCCCCCCCCCCC)OC(=O)CCCCCCCCCCCCCCCCCCCCCCCC. The third kappa shape index (κ3) is 63.0. The van der Waals surface area contributed by atoms with E-state index in [1.807, 2.05) is 0 Å². The third-order valence-corrected chi connectivity index (χ3v) is 16.0. The number of hydrogen-bond donors (Lipinski definition) is 0. The van der Waals surface area contributed by atoms with Gasteiger partial charge in [-0.15, -0.1) is 0 Å². The highest BCUT2D eigenvalue weighted by Crippen LogP contribution is 2.19. The molecule has 450 valence electrons. The Bertz CT molecular complexity index is 1180. The smallest absolute Gasteiger partial charge is 0.306 e. The molecular formula is C70H134O6. The summed E-state index contributed by atoms with van der Waals surface area (Å²) in [6, 6.07) is 0. The van der Waals surface area contributed by atoms with Crippen molar-refractivity contribution < 1.29 is 28.6 Å². The summed E-state index contributed by atoms with van der Waals surface area (Å²) >= 11 is 0. The minimum absolute atomic E-state index is 0.0657. The third-order valence-electron chi connectivity index (χ3n) is 16.0. The van der Waals surface area contributed by atoms with Crippen molar-refractivity contribution in [2.45, 2.75) is 406 Å². The molecular weight excluding hydrogens is 937 g/mol. The number of ether oxygens (including phenoxy) is 3. The first-order valence-corrected chi connectivity index (χ1v) is 34.7. The minimum Gasteiger partial charge on any atom is -0.462 e. The average Bonchev–Trinajstić information content (AvgIpc) is 3.42. The molecule has 76 heavy (non-hydrogen) atoms. The lowest BCUT2D eigenvalue weighted by atomic mass is 10.0. The van der Waals surface area contributed by atoms with Crippen molar-refractivity contribution in [1.82, 2.24) is 0 Å². The van der Waals surface area contributed by atoms with E-state index >= 15 is 0 Å². The first-order chi connectivity index (χ1) is 37.5. The molecule has 0 aromatic heterocycles. The zero-order valence-corrected chi connectivity index (χ0v) is 51.8. The second kappa shape index (κ2) is 65.7. The Hall–Kier alpha value is -1.85. The van der Waals surface area contributed by atoms with E-state index < -0.39 is 6.10 Å². The Balaban J connectivity index is 4.22. The Labute approximate surface area is 475 Å². The Morgan fingerprint density at radius 3 is 0.671 bits per heavy atom. The molecule has 0 N–H and O–H groups in total. The van der Waals surface area contributed by atoms with E-state index in [1.165, 1.54) is 295 Å². The molecule has 0 aromatic rings. The van der Waals surface area contributed by atoms with Crippen LogP contribution in [-0.2, 0) is 28.6 Å². The van der Waals surface area contributed by atoms with Crippen LogP contribution in [0.25, 0.3) is 0 Å². The van der Waals surface area contributed by atoms with E-state index in [1.54, 1.807) is 0 Å². The highest BCUT2D eigenvalue weighted by molar-refractivity contribution is 5.71. The van der Waals surface area contributed by atoms with Crippen molar-refractivity contribution >= 4 is 17.9 Å². The van der Waals surface area contributed by atoms with Gasteiger partial charge in [0.1, 0.15) is 13.2 Å². The second-order valence-electron chi connectivity index (χ2n) is 23.8. The number of rotatable bonds is 65. The lowest BCUT2D eigenvalue weighted by Gasteiger charge is -2.18. The summed E-state index contributed by atoms with van der Waals surface area (Å²) in [4.78, 5) is 38.4. The number of unbranched alkanes of at least 4 members (excludes halogenated alkanes) is 52. The molecule has 1 atom stereocenters. The van der Waals surface area contributed by atoms with Gasteiger partial charge in [0.25, 0.3) is 0 Å². The van der Waals surface area contributed by atoms with Gasteiger partial charge in [0, 0.05) is 19.3 Å². The maximum absolute atomic E-state index is 12.9. The Morgan fingerprint density at radius 2 is 0.434 bits per heavy atom. The number of carbonyl (C=O) groups excluding carboxylic acids is 3. The molecule has 0 aromatic carbocycles. The van der Waals surface area contributed by atoms with Gasteiger partial charge in [0.2, 0.25) is 0 Å². The van der Waals surface area contributed by atoms with Crippen LogP contribution in [0.4, 0.5) is 0 Å². The molecule has 6 heteroatoms. The van der Waals surface area contributed by atoms with Crippen molar-refractivity contribution in [2.75, 3.05) is 13.2 Å². The summed E-state index contributed by atoms with van der Waals surface area (Å²) in [5.74, 6) is -0.840. The molecule has 0 spiro atoms. The van der Waals surface area contributed by atoms with E-state index in [2.05, 4.69) is 32.9 Å². The maximum atomic E-state index is 12.9. The van der Waals surface area contributed by atoms with Gasteiger partial charge in [-0.25, -0.2) is 0 Å². The van der Waals surface area contributed by atoms with Crippen LogP contribution in [0.1, 0.15) is 400 Å². The summed E-state index contributed by atoms with van der Waals surface area (Å²) in [6.07, 6.45) is 78.1. The molecule has 6 nitrogen and oxygen atoms in total. The Morgan fingerprint density at radius 1 is 0.250 bits per heavy atom. The molecule has 0 aliphatic heterocycles. The molecule has 0 heterocycles. The number of hydrogen-bond acceptors (Lipinski definition) is 6. The van der Waals surface area contributed by atoms with Crippen LogP contribution in [0.5, 0.6) is 0 Å². The number of carbonyl (C=O) groups is 3. The predicted molar refractivity (Wildman–Crippen MR) is 330 cm³/mol. The fourth-order valence-electron chi connectivity index (χ4n) is 10.8. The van der Waals surface area contributed by atoms with E-state index in [4.69, 9.17) is 14.2 Å². The molecule has 0 aliphatic rings. The lowest BCUT2D eigenvalue weighted by Crippen LogP contribution is -2.30. The molecule has 0 fully saturated rings. The molecule has 1 unspecified atom stereocenters. The van der Waals surface area contributed by atoms with E-state index in [0.29, 0.717) is 19.3 Å². The van der Waals surface area contributed by atoms with Crippen LogP contribution in [0.3, 0.4) is 0 Å². The van der Waals surface area contributed by atoms with Crippen molar-refractivity contribution in [1.29, 1.82) is 0 Å². The first-order valence-electron chi connectivity index (χ1n) is 34.7. The van der Waals surface area contributed by atoms with Crippen LogP contribution in [-0.4, -0.2) is 37.2 Å². The van der Waals surface area contributed by atoms with Gasteiger partial charge in [-0.05, 0) is 44.9 Å². The topological polar surface area (TPSA) is 78.9 Å². The molecule has 0 aliphatic carbocycles. The predicted octanol–water partition coefficient (Wildman–Crippen LogP) is 23.6. The average molecular weight is 1070 g/mol. The van der Waals surface area contributed by atoms with E-state index in [0.717, 1.165) is 64.2 Å².